The molecule has 2 aromatic carbocycles. The van der Waals surface area contributed by atoms with Crippen LogP contribution in [0.25, 0.3) is 16.9 Å². The summed E-state index contributed by atoms with van der Waals surface area (Å²) in [5.41, 5.74) is 7.01. The molecule has 1 N–H and O–H groups in total. The Morgan fingerprint density at radius 1 is 0.893 bits per heavy atom. The highest BCUT2D eigenvalue weighted by molar-refractivity contribution is 6.39. The van der Waals surface area contributed by atoms with E-state index in [-0.39, 0.29) is 0 Å². The van der Waals surface area contributed by atoms with Gasteiger partial charge in [0.2, 0.25) is 0 Å². The number of halogens is 2. The summed E-state index contributed by atoms with van der Waals surface area (Å²) in [6, 6.07) is 19.0. The minimum absolute atomic E-state index is 0.499. The predicted octanol–water partition coefficient (Wildman–Crippen LogP) is 5.69. The molecular formula is C21H15Cl2N5. The molecule has 0 aliphatic rings. The highest BCUT2D eigenvalue weighted by atomic mass is 35.5. The van der Waals surface area contributed by atoms with Gasteiger partial charge in [0.1, 0.15) is 5.69 Å². The van der Waals surface area contributed by atoms with E-state index < -0.39 is 0 Å². The Hall–Kier alpha value is -3.15. The summed E-state index contributed by atoms with van der Waals surface area (Å²) in [6.45, 7) is 0. The Labute approximate surface area is 172 Å². The van der Waals surface area contributed by atoms with Crippen LogP contribution in [0, 0.1) is 0 Å². The fraction of sp³-hybridized carbons (Fsp3) is 0. The smallest absolute Gasteiger partial charge is 0.102 e. The van der Waals surface area contributed by atoms with E-state index >= 15 is 0 Å². The quantitative estimate of drug-likeness (QED) is 0.341. The number of hydrogen-bond donors (Lipinski definition) is 1. The lowest BCUT2D eigenvalue weighted by molar-refractivity contribution is 0.884. The first kappa shape index (κ1) is 18.2. The third-order valence-corrected chi connectivity index (χ3v) is 4.69. The molecule has 0 atom stereocenters. The normalized spacial score (nSPS) is 11.1. The van der Waals surface area contributed by atoms with Crippen LogP contribution in [0.2, 0.25) is 10.0 Å². The van der Waals surface area contributed by atoms with Gasteiger partial charge in [-0.05, 0) is 36.4 Å². The summed E-state index contributed by atoms with van der Waals surface area (Å²) in [5.74, 6) is 0. The minimum atomic E-state index is 0.499. The Morgan fingerprint density at radius 2 is 1.61 bits per heavy atom. The van der Waals surface area contributed by atoms with E-state index in [1.807, 2.05) is 53.3 Å². The fourth-order valence-corrected chi connectivity index (χ4v) is 3.18. The lowest BCUT2D eigenvalue weighted by Gasteiger charge is -2.05. The Bertz CT molecular complexity index is 1090. The second-order valence-electron chi connectivity index (χ2n) is 5.92. The van der Waals surface area contributed by atoms with Crippen LogP contribution in [0.15, 0.2) is 84.4 Å². The molecule has 0 spiro atoms. The maximum absolute atomic E-state index is 6.18. The fourth-order valence-electron chi connectivity index (χ4n) is 2.70. The van der Waals surface area contributed by atoms with Gasteiger partial charge in [-0.2, -0.15) is 10.2 Å². The van der Waals surface area contributed by atoms with Gasteiger partial charge in [0, 0.05) is 29.7 Å². The second kappa shape index (κ2) is 8.25. The zero-order valence-electron chi connectivity index (χ0n) is 14.6. The van der Waals surface area contributed by atoms with Crippen molar-refractivity contribution in [3.8, 4) is 16.9 Å². The van der Waals surface area contributed by atoms with Gasteiger partial charge in [-0.15, -0.1) is 0 Å². The summed E-state index contributed by atoms with van der Waals surface area (Å²) in [4.78, 5) is 4.08. The number of aromatic nitrogens is 3. The first-order valence-electron chi connectivity index (χ1n) is 8.51. The van der Waals surface area contributed by atoms with Crippen LogP contribution in [0.5, 0.6) is 0 Å². The summed E-state index contributed by atoms with van der Waals surface area (Å²) >= 11 is 12.4. The molecule has 0 unspecified atom stereocenters. The standard InChI is InChI=1S/C21H15Cl2N5/c22-18-7-4-8-19(23)21(18)26-25-13-16-14-28(17-5-2-1-3-6-17)27-20(16)15-9-11-24-12-10-15/h1-14,26H. The van der Waals surface area contributed by atoms with E-state index in [9.17, 15) is 0 Å². The largest absolute Gasteiger partial charge is 0.275 e. The number of nitrogens with one attached hydrogen (secondary N) is 1. The van der Waals surface area contributed by atoms with Crippen LogP contribution in [0.3, 0.4) is 0 Å². The van der Waals surface area contributed by atoms with Gasteiger partial charge in [0.05, 0.1) is 27.6 Å². The molecule has 0 saturated carbocycles. The van der Waals surface area contributed by atoms with Crippen molar-refractivity contribution >= 4 is 35.1 Å². The van der Waals surface area contributed by atoms with E-state index in [1.54, 1.807) is 36.8 Å². The molecule has 0 radical (unpaired) electrons. The molecule has 138 valence electrons. The summed E-state index contributed by atoms with van der Waals surface area (Å²) in [5, 5.41) is 10.0. The van der Waals surface area contributed by atoms with E-state index in [0.29, 0.717) is 15.7 Å². The van der Waals surface area contributed by atoms with Gasteiger partial charge in [0.25, 0.3) is 0 Å². The van der Waals surface area contributed by atoms with Crippen LogP contribution in [-0.4, -0.2) is 21.0 Å². The molecule has 0 fully saturated rings. The maximum atomic E-state index is 6.18. The summed E-state index contributed by atoms with van der Waals surface area (Å²) in [6.07, 6.45) is 7.09. The van der Waals surface area contributed by atoms with Crippen molar-refractivity contribution in [3.05, 3.63) is 94.9 Å². The third kappa shape index (κ3) is 3.91. The molecule has 4 rings (SSSR count). The average molecular weight is 408 g/mol. The molecule has 0 aliphatic heterocycles. The molecule has 7 heteroatoms. The number of anilines is 1. The molecular weight excluding hydrogens is 393 g/mol. The topological polar surface area (TPSA) is 55.1 Å². The number of rotatable bonds is 5. The van der Waals surface area contributed by atoms with E-state index in [0.717, 1.165) is 22.5 Å². The van der Waals surface area contributed by atoms with Crippen LogP contribution in [0.1, 0.15) is 5.56 Å². The highest BCUT2D eigenvalue weighted by Crippen LogP contribution is 2.30. The van der Waals surface area contributed by atoms with Gasteiger partial charge >= 0.3 is 0 Å². The SMILES string of the molecule is Clc1cccc(Cl)c1NN=Cc1cn(-c2ccccc2)nc1-c1ccncc1. The highest BCUT2D eigenvalue weighted by Gasteiger charge is 2.11. The summed E-state index contributed by atoms with van der Waals surface area (Å²) in [7, 11) is 0. The zero-order chi connectivity index (χ0) is 19.3. The molecule has 0 aliphatic carbocycles. The van der Waals surface area contributed by atoms with Crippen LogP contribution in [-0.2, 0) is 0 Å². The molecule has 2 heterocycles. The van der Waals surface area contributed by atoms with Crippen molar-refractivity contribution in [2.24, 2.45) is 5.10 Å². The van der Waals surface area contributed by atoms with Crippen LogP contribution in [0.4, 0.5) is 5.69 Å². The zero-order valence-corrected chi connectivity index (χ0v) is 16.1. The average Bonchev–Trinajstić information content (AvgIpc) is 3.16. The van der Waals surface area contributed by atoms with Crippen molar-refractivity contribution < 1.29 is 0 Å². The van der Waals surface area contributed by atoms with Crippen molar-refractivity contribution in [2.75, 3.05) is 5.43 Å². The van der Waals surface area contributed by atoms with E-state index in [1.165, 1.54) is 0 Å². The molecule has 2 aromatic heterocycles. The van der Waals surface area contributed by atoms with Crippen molar-refractivity contribution in [2.45, 2.75) is 0 Å². The second-order valence-corrected chi connectivity index (χ2v) is 6.73. The number of para-hydroxylation sites is 2. The number of hydrogen-bond acceptors (Lipinski definition) is 4. The van der Waals surface area contributed by atoms with Crippen molar-refractivity contribution in [1.29, 1.82) is 0 Å². The van der Waals surface area contributed by atoms with Gasteiger partial charge in [-0.3, -0.25) is 10.4 Å². The molecule has 0 saturated heterocycles. The monoisotopic (exact) mass is 407 g/mol. The molecule has 0 amide bonds. The first-order chi connectivity index (χ1) is 13.7. The third-order valence-electron chi connectivity index (χ3n) is 4.06. The predicted molar refractivity (Wildman–Crippen MR) is 114 cm³/mol. The maximum Gasteiger partial charge on any atom is 0.102 e. The molecule has 5 nitrogen and oxygen atoms in total. The molecule has 0 bridgehead atoms. The van der Waals surface area contributed by atoms with Gasteiger partial charge in [0.15, 0.2) is 0 Å². The van der Waals surface area contributed by atoms with Crippen LogP contribution >= 0.6 is 23.2 Å². The van der Waals surface area contributed by atoms with Gasteiger partial charge in [-0.25, -0.2) is 4.68 Å². The minimum Gasteiger partial charge on any atom is -0.275 e. The van der Waals surface area contributed by atoms with E-state index in [4.69, 9.17) is 28.3 Å². The van der Waals surface area contributed by atoms with Crippen molar-refractivity contribution in [3.63, 3.8) is 0 Å². The lowest BCUT2D eigenvalue weighted by Crippen LogP contribution is -1.93. The Kier molecular flexibility index (Phi) is 5.37. The number of benzene rings is 2. The van der Waals surface area contributed by atoms with Crippen molar-refractivity contribution in [1.82, 2.24) is 14.8 Å². The molecule has 28 heavy (non-hydrogen) atoms. The molecule has 4 aromatic rings. The first-order valence-corrected chi connectivity index (χ1v) is 9.26. The number of pyridine rings is 1. The number of hydrazone groups is 1. The lowest BCUT2D eigenvalue weighted by atomic mass is 10.1. The Balaban J connectivity index is 1.70. The number of nitrogens with zero attached hydrogens (tertiary/aromatic N) is 4. The van der Waals surface area contributed by atoms with Gasteiger partial charge in [-0.1, -0.05) is 47.5 Å². The van der Waals surface area contributed by atoms with E-state index in [2.05, 4.69) is 15.5 Å². The Morgan fingerprint density at radius 3 is 2.32 bits per heavy atom. The van der Waals surface area contributed by atoms with Crippen LogP contribution < -0.4 is 5.43 Å². The van der Waals surface area contributed by atoms with Gasteiger partial charge < -0.3 is 0 Å². The summed E-state index contributed by atoms with van der Waals surface area (Å²) < 4.78 is 1.82.